The molecule has 1 amide bonds. The second-order valence-electron chi connectivity index (χ2n) is 19.2. The van der Waals surface area contributed by atoms with Crippen LogP contribution in [-0.4, -0.2) is 59.5 Å². The van der Waals surface area contributed by atoms with Gasteiger partial charge in [0, 0.05) is 26.1 Å². The Balaban J connectivity index is 1.28. The number of carbonyl (C=O) groups excluding carboxylic acids is 1. The molecule has 0 aromatic heterocycles. The average Bonchev–Trinajstić information content (AvgIpc) is 3.47. The van der Waals surface area contributed by atoms with Crippen molar-refractivity contribution in [2.45, 2.75) is 163 Å². The maximum Gasteiger partial charge on any atom is 0.303 e. The van der Waals surface area contributed by atoms with E-state index in [4.69, 9.17) is 5.11 Å². The summed E-state index contributed by atoms with van der Waals surface area (Å²) in [6.07, 6.45) is 19.5. The van der Waals surface area contributed by atoms with Crippen molar-refractivity contribution in [3.63, 3.8) is 0 Å². The van der Waals surface area contributed by atoms with Crippen LogP contribution in [0.25, 0.3) is 0 Å². The first kappa shape index (κ1) is 39.8. The van der Waals surface area contributed by atoms with Crippen LogP contribution in [0.2, 0.25) is 0 Å². The smallest absolute Gasteiger partial charge is 0.303 e. The maximum atomic E-state index is 14.5. The second-order valence-corrected chi connectivity index (χ2v) is 19.2. The average molecular weight is 699 g/mol. The van der Waals surface area contributed by atoms with Gasteiger partial charge in [0.25, 0.3) is 0 Å². The van der Waals surface area contributed by atoms with E-state index in [9.17, 15) is 19.8 Å². The molecule has 50 heavy (non-hydrogen) atoms. The Morgan fingerprint density at radius 1 is 0.740 bits per heavy atom. The van der Waals surface area contributed by atoms with Gasteiger partial charge in [0.1, 0.15) is 0 Å². The Labute approximate surface area is 304 Å². The molecule has 5 aliphatic rings. The van der Waals surface area contributed by atoms with Crippen molar-refractivity contribution in [3.05, 3.63) is 12.2 Å². The van der Waals surface area contributed by atoms with Crippen LogP contribution in [0.5, 0.6) is 0 Å². The topological polar surface area (TPSA) is 119 Å². The first-order chi connectivity index (χ1) is 23.7. The summed E-state index contributed by atoms with van der Waals surface area (Å²) in [5.74, 6) is 1.91. The summed E-state index contributed by atoms with van der Waals surface area (Å²) in [5, 5.41) is 36.3. The van der Waals surface area contributed by atoms with Crippen LogP contribution in [-0.2, 0) is 9.59 Å². The lowest BCUT2D eigenvalue weighted by molar-refractivity contribution is -0.246. The fourth-order valence-electron chi connectivity index (χ4n) is 13.7. The van der Waals surface area contributed by atoms with Crippen LogP contribution < -0.4 is 10.6 Å². The third-order valence-corrected chi connectivity index (χ3v) is 16.6. The van der Waals surface area contributed by atoms with E-state index >= 15 is 0 Å². The highest BCUT2D eigenvalue weighted by Crippen LogP contribution is 2.77. The second kappa shape index (κ2) is 15.9. The zero-order valence-corrected chi connectivity index (χ0v) is 32.6. The molecule has 0 aliphatic heterocycles. The van der Waals surface area contributed by atoms with Crippen molar-refractivity contribution in [2.75, 3.05) is 26.2 Å². The molecule has 0 spiro atoms. The number of carboxylic acid groups (broad SMARTS) is 1. The van der Waals surface area contributed by atoms with Gasteiger partial charge in [-0.2, -0.15) is 0 Å². The number of amides is 1. The van der Waals surface area contributed by atoms with E-state index in [0.717, 1.165) is 83.6 Å². The van der Waals surface area contributed by atoms with E-state index in [-0.39, 0.29) is 46.2 Å². The van der Waals surface area contributed by atoms with Gasteiger partial charge in [0.15, 0.2) is 0 Å². The van der Waals surface area contributed by atoms with Crippen molar-refractivity contribution < 1.29 is 24.9 Å². The number of aliphatic hydroxyl groups excluding tert-OH is 2. The summed E-state index contributed by atoms with van der Waals surface area (Å²) in [5.41, 5.74) is 1.45. The Kier molecular flexibility index (Phi) is 12.6. The minimum absolute atomic E-state index is 0.0505. The molecule has 7 nitrogen and oxygen atoms in total. The quantitative estimate of drug-likeness (QED) is 0.0771. The first-order valence-electron chi connectivity index (χ1n) is 20.9. The molecule has 0 heterocycles. The van der Waals surface area contributed by atoms with Crippen LogP contribution in [0.15, 0.2) is 12.2 Å². The SMILES string of the molecule is C=C(CNCCO)[C@@H]1CC[C@]2(C(=O)NCCCCCCCCCCC(=O)O)CC[C@]3(C)[C@H](CC[C@@H]4[C@@]5(C)CC[C@H](O)C(C)(C)[C@@H]5CC[C@]43C)[C@@H]12. The van der Waals surface area contributed by atoms with Crippen molar-refractivity contribution in [1.82, 2.24) is 10.6 Å². The fourth-order valence-corrected chi connectivity index (χ4v) is 13.7. The predicted octanol–water partition coefficient (Wildman–Crippen LogP) is 8.28. The van der Waals surface area contributed by atoms with E-state index in [0.29, 0.717) is 48.6 Å². The summed E-state index contributed by atoms with van der Waals surface area (Å²) >= 11 is 0. The number of hydrogen-bond donors (Lipinski definition) is 5. The minimum Gasteiger partial charge on any atom is -0.481 e. The number of carbonyl (C=O) groups is 2. The van der Waals surface area contributed by atoms with Gasteiger partial charge in [-0.1, -0.05) is 85.3 Å². The molecule has 5 rings (SSSR count). The number of aliphatic hydroxyl groups is 2. The first-order valence-corrected chi connectivity index (χ1v) is 20.9. The normalized spacial score (nSPS) is 40.2. The molecule has 286 valence electrons. The summed E-state index contributed by atoms with van der Waals surface area (Å²) in [6.45, 7) is 19.3. The molecule has 0 bridgehead atoms. The Morgan fingerprint density at radius 3 is 2.10 bits per heavy atom. The highest BCUT2D eigenvalue weighted by Gasteiger charge is 2.71. The van der Waals surface area contributed by atoms with Crippen LogP contribution in [0.1, 0.15) is 157 Å². The molecule has 10 atom stereocenters. The zero-order chi connectivity index (χ0) is 36.4. The highest BCUT2D eigenvalue weighted by molar-refractivity contribution is 5.84. The van der Waals surface area contributed by atoms with E-state index in [1.54, 1.807) is 0 Å². The van der Waals surface area contributed by atoms with Gasteiger partial charge in [0.2, 0.25) is 5.91 Å². The lowest BCUT2D eigenvalue weighted by Crippen LogP contribution is -2.67. The molecule has 5 saturated carbocycles. The molecule has 5 fully saturated rings. The van der Waals surface area contributed by atoms with Gasteiger partial charge in [-0.05, 0) is 128 Å². The lowest BCUT2D eigenvalue weighted by atomic mass is 9.32. The molecule has 5 aliphatic carbocycles. The van der Waals surface area contributed by atoms with E-state index in [1.807, 2.05) is 0 Å². The standard InChI is InChI=1S/C43H74N2O5/c1-30(29-44-27-28-46)31-18-23-43(38(50)45-26-14-12-10-8-7-9-11-13-15-36(48)49)25-24-41(5)32(37(31)43)16-17-34-40(4)21-20-35(47)39(2,3)33(40)19-22-42(34,41)6/h31-35,37,44,46-47H,1,7-29H2,2-6H3,(H,45,50)(H,48,49)/t31-,32+,33-,34+,35-,37+,40-,41+,42+,43-/m0/s1. The lowest BCUT2D eigenvalue weighted by Gasteiger charge is -2.72. The van der Waals surface area contributed by atoms with E-state index in [1.165, 1.54) is 44.1 Å². The van der Waals surface area contributed by atoms with Gasteiger partial charge < -0.3 is 26.0 Å². The van der Waals surface area contributed by atoms with E-state index < -0.39 is 5.97 Å². The molecule has 0 aromatic carbocycles. The summed E-state index contributed by atoms with van der Waals surface area (Å²) in [6, 6.07) is 0. The third kappa shape index (κ3) is 7.11. The Bertz CT molecular complexity index is 1200. The van der Waals surface area contributed by atoms with Crippen LogP contribution in [0.4, 0.5) is 0 Å². The van der Waals surface area contributed by atoms with Gasteiger partial charge in [-0.3, -0.25) is 9.59 Å². The highest BCUT2D eigenvalue weighted by atomic mass is 16.4. The molecular weight excluding hydrogens is 624 g/mol. The fraction of sp³-hybridized carbons (Fsp3) is 0.907. The van der Waals surface area contributed by atoms with Crippen LogP contribution >= 0.6 is 0 Å². The van der Waals surface area contributed by atoms with Crippen molar-refractivity contribution in [3.8, 4) is 0 Å². The number of rotatable bonds is 17. The molecule has 0 aromatic rings. The molecule has 0 unspecified atom stereocenters. The van der Waals surface area contributed by atoms with Gasteiger partial charge in [-0.15, -0.1) is 0 Å². The van der Waals surface area contributed by atoms with Crippen molar-refractivity contribution in [2.24, 2.45) is 56.7 Å². The number of fused-ring (bicyclic) bond motifs is 7. The molecule has 5 N–H and O–H groups in total. The molecule has 0 saturated heterocycles. The number of aliphatic carboxylic acids is 1. The van der Waals surface area contributed by atoms with Gasteiger partial charge in [-0.25, -0.2) is 0 Å². The Hall–Kier alpha value is -1.44. The summed E-state index contributed by atoms with van der Waals surface area (Å²) in [4.78, 5) is 25.2. The number of carboxylic acids is 1. The summed E-state index contributed by atoms with van der Waals surface area (Å²) < 4.78 is 0. The monoisotopic (exact) mass is 699 g/mol. The van der Waals surface area contributed by atoms with Gasteiger partial charge >= 0.3 is 5.97 Å². The molecule has 0 radical (unpaired) electrons. The zero-order valence-electron chi connectivity index (χ0n) is 32.6. The molecule has 7 heteroatoms. The number of nitrogens with one attached hydrogen (secondary N) is 2. The van der Waals surface area contributed by atoms with Crippen molar-refractivity contribution >= 4 is 11.9 Å². The Morgan fingerprint density at radius 2 is 1.42 bits per heavy atom. The largest absolute Gasteiger partial charge is 0.481 e. The number of hydrogen-bond acceptors (Lipinski definition) is 5. The van der Waals surface area contributed by atoms with Gasteiger partial charge in [0.05, 0.1) is 18.1 Å². The number of unbranched alkanes of at least 4 members (excludes halogenated alkanes) is 7. The van der Waals surface area contributed by atoms with Crippen LogP contribution in [0.3, 0.4) is 0 Å². The maximum absolute atomic E-state index is 14.5. The minimum atomic E-state index is -0.697. The molecular formula is C43H74N2O5. The third-order valence-electron chi connectivity index (χ3n) is 16.6. The van der Waals surface area contributed by atoms with Crippen molar-refractivity contribution in [1.29, 1.82) is 0 Å². The van der Waals surface area contributed by atoms with Crippen LogP contribution in [0, 0.1) is 56.7 Å². The predicted molar refractivity (Wildman–Crippen MR) is 201 cm³/mol. The summed E-state index contributed by atoms with van der Waals surface area (Å²) in [7, 11) is 0. The van der Waals surface area contributed by atoms with E-state index in [2.05, 4.69) is 51.8 Å².